The van der Waals surface area contributed by atoms with Gasteiger partial charge in [0.2, 0.25) is 5.91 Å². The van der Waals surface area contributed by atoms with Crippen LogP contribution in [-0.2, 0) is 4.79 Å². The minimum atomic E-state index is -0.310. The number of hydrogen-bond acceptors (Lipinski definition) is 4. The Kier molecular flexibility index (Phi) is 4.47. The molecular formula is C17H25N3O2S. The van der Waals surface area contributed by atoms with E-state index in [2.05, 4.69) is 13.8 Å². The Balaban J connectivity index is 1.72. The molecule has 0 aromatic carbocycles. The van der Waals surface area contributed by atoms with Crippen molar-refractivity contribution >= 4 is 23.2 Å². The first-order valence-corrected chi connectivity index (χ1v) is 9.17. The van der Waals surface area contributed by atoms with Gasteiger partial charge in [0.05, 0.1) is 4.88 Å². The smallest absolute Gasteiger partial charge is 0.264 e. The first-order valence-electron chi connectivity index (χ1n) is 8.29. The van der Waals surface area contributed by atoms with Crippen molar-refractivity contribution in [1.29, 1.82) is 0 Å². The second-order valence-electron chi connectivity index (χ2n) is 7.28. The van der Waals surface area contributed by atoms with Crippen molar-refractivity contribution in [3.63, 3.8) is 0 Å². The molecule has 3 rings (SSSR count). The fourth-order valence-corrected chi connectivity index (χ4v) is 4.26. The van der Waals surface area contributed by atoms with Crippen LogP contribution < -0.4 is 5.73 Å². The number of thiophene rings is 1. The van der Waals surface area contributed by atoms with Crippen molar-refractivity contribution in [1.82, 2.24) is 9.80 Å². The van der Waals surface area contributed by atoms with Gasteiger partial charge in [0.15, 0.2) is 0 Å². The zero-order chi connectivity index (χ0) is 16.6. The second kappa shape index (κ2) is 6.24. The minimum Gasteiger partial charge on any atom is -0.340 e. The SMILES string of the molecule is CC1(C)CN(C(=O)C2CCCN2C(=O)c2cccs2)CCC1N. The molecule has 1 aromatic heterocycles. The monoisotopic (exact) mass is 335 g/mol. The number of likely N-dealkylation sites (tertiary alicyclic amines) is 2. The third-order valence-corrected chi connectivity index (χ3v) is 6.01. The Morgan fingerprint density at radius 3 is 2.74 bits per heavy atom. The maximum Gasteiger partial charge on any atom is 0.264 e. The van der Waals surface area contributed by atoms with Crippen LogP contribution in [0.5, 0.6) is 0 Å². The maximum atomic E-state index is 13.0. The van der Waals surface area contributed by atoms with E-state index in [1.54, 1.807) is 4.90 Å². The predicted octanol–water partition coefficient (Wildman–Crippen LogP) is 1.94. The molecule has 2 aliphatic rings. The van der Waals surface area contributed by atoms with E-state index in [1.807, 2.05) is 22.4 Å². The van der Waals surface area contributed by atoms with Crippen molar-refractivity contribution in [2.24, 2.45) is 11.1 Å². The molecule has 2 aliphatic heterocycles. The summed E-state index contributed by atoms with van der Waals surface area (Å²) in [5, 5.41) is 1.90. The summed E-state index contributed by atoms with van der Waals surface area (Å²) in [4.78, 5) is 30.0. The molecule has 126 valence electrons. The summed E-state index contributed by atoms with van der Waals surface area (Å²) in [5.41, 5.74) is 6.09. The molecule has 6 heteroatoms. The molecule has 2 fully saturated rings. The summed E-state index contributed by atoms with van der Waals surface area (Å²) < 4.78 is 0. The number of hydrogen-bond donors (Lipinski definition) is 1. The number of piperidine rings is 1. The Bertz CT molecular complexity index is 585. The summed E-state index contributed by atoms with van der Waals surface area (Å²) >= 11 is 1.43. The Morgan fingerprint density at radius 1 is 1.30 bits per heavy atom. The van der Waals surface area contributed by atoms with Gasteiger partial charge in [-0.15, -0.1) is 11.3 Å². The van der Waals surface area contributed by atoms with E-state index in [0.29, 0.717) is 24.5 Å². The molecule has 3 heterocycles. The van der Waals surface area contributed by atoms with Crippen LogP contribution >= 0.6 is 11.3 Å². The van der Waals surface area contributed by atoms with Crippen LogP contribution in [0.25, 0.3) is 0 Å². The minimum absolute atomic E-state index is 0.0104. The standard InChI is InChI=1S/C17H25N3O2S/c1-17(2)11-19(9-7-14(17)18)15(21)12-5-3-8-20(12)16(22)13-6-4-10-23-13/h4,6,10,12,14H,3,5,7-9,11,18H2,1-2H3. The number of carbonyl (C=O) groups is 2. The maximum absolute atomic E-state index is 13.0. The van der Waals surface area contributed by atoms with Gasteiger partial charge in [0.25, 0.3) is 5.91 Å². The molecule has 2 N–H and O–H groups in total. The van der Waals surface area contributed by atoms with E-state index >= 15 is 0 Å². The zero-order valence-electron chi connectivity index (χ0n) is 13.8. The number of nitrogens with zero attached hydrogens (tertiary/aromatic N) is 2. The lowest BCUT2D eigenvalue weighted by molar-refractivity contribution is -0.138. The van der Waals surface area contributed by atoms with E-state index in [1.165, 1.54) is 11.3 Å². The summed E-state index contributed by atoms with van der Waals surface area (Å²) in [7, 11) is 0. The number of amides is 2. The van der Waals surface area contributed by atoms with Crippen LogP contribution in [0, 0.1) is 5.41 Å². The molecule has 23 heavy (non-hydrogen) atoms. The van der Waals surface area contributed by atoms with E-state index in [-0.39, 0.29) is 29.3 Å². The van der Waals surface area contributed by atoms with E-state index < -0.39 is 0 Å². The molecule has 2 amide bonds. The average molecular weight is 335 g/mol. The topological polar surface area (TPSA) is 66.6 Å². The summed E-state index contributed by atoms with van der Waals surface area (Å²) in [6, 6.07) is 3.52. The Morgan fingerprint density at radius 2 is 2.09 bits per heavy atom. The first kappa shape index (κ1) is 16.5. The van der Waals surface area contributed by atoms with E-state index in [9.17, 15) is 9.59 Å². The lowest BCUT2D eigenvalue weighted by Gasteiger charge is -2.44. The Hall–Kier alpha value is -1.40. The second-order valence-corrected chi connectivity index (χ2v) is 8.23. The van der Waals surface area contributed by atoms with Crippen LogP contribution in [-0.4, -0.2) is 53.3 Å². The fourth-order valence-electron chi connectivity index (χ4n) is 3.58. The quantitative estimate of drug-likeness (QED) is 0.898. The van der Waals surface area contributed by atoms with Gasteiger partial charge in [-0.3, -0.25) is 9.59 Å². The van der Waals surface area contributed by atoms with Crippen LogP contribution in [0.1, 0.15) is 42.8 Å². The van der Waals surface area contributed by atoms with E-state index in [4.69, 9.17) is 5.73 Å². The highest BCUT2D eigenvalue weighted by Crippen LogP contribution is 2.30. The molecular weight excluding hydrogens is 310 g/mol. The van der Waals surface area contributed by atoms with Gasteiger partial charge in [-0.2, -0.15) is 0 Å². The molecule has 0 radical (unpaired) electrons. The lowest BCUT2D eigenvalue weighted by atomic mass is 9.79. The van der Waals surface area contributed by atoms with Gasteiger partial charge in [-0.1, -0.05) is 19.9 Å². The molecule has 0 aliphatic carbocycles. The molecule has 5 nitrogen and oxygen atoms in total. The van der Waals surface area contributed by atoms with Crippen molar-refractivity contribution in [3.8, 4) is 0 Å². The lowest BCUT2D eigenvalue weighted by Crippen LogP contribution is -2.57. The molecule has 0 saturated carbocycles. The van der Waals surface area contributed by atoms with Crippen molar-refractivity contribution < 1.29 is 9.59 Å². The summed E-state index contributed by atoms with van der Waals surface area (Å²) in [6.07, 6.45) is 2.48. The van der Waals surface area contributed by atoms with Gasteiger partial charge < -0.3 is 15.5 Å². The van der Waals surface area contributed by atoms with Gasteiger partial charge in [0.1, 0.15) is 6.04 Å². The van der Waals surface area contributed by atoms with Gasteiger partial charge in [-0.05, 0) is 36.1 Å². The molecule has 2 saturated heterocycles. The number of rotatable bonds is 2. The fraction of sp³-hybridized carbons (Fsp3) is 0.647. The molecule has 2 atom stereocenters. The third-order valence-electron chi connectivity index (χ3n) is 5.15. The van der Waals surface area contributed by atoms with Crippen LogP contribution in [0.15, 0.2) is 17.5 Å². The number of carbonyl (C=O) groups excluding carboxylic acids is 2. The molecule has 1 aromatic rings. The highest BCUT2D eigenvalue weighted by molar-refractivity contribution is 7.12. The first-order chi connectivity index (χ1) is 10.9. The summed E-state index contributed by atoms with van der Waals surface area (Å²) in [5.74, 6) is 0.0798. The van der Waals surface area contributed by atoms with Crippen molar-refractivity contribution in [2.75, 3.05) is 19.6 Å². The Labute approximate surface area is 141 Å². The highest BCUT2D eigenvalue weighted by atomic mass is 32.1. The van der Waals surface area contributed by atoms with Crippen molar-refractivity contribution in [2.45, 2.75) is 45.2 Å². The van der Waals surface area contributed by atoms with E-state index in [0.717, 1.165) is 19.3 Å². The molecule has 0 bridgehead atoms. The third kappa shape index (κ3) is 3.15. The summed E-state index contributed by atoms with van der Waals surface area (Å²) in [6.45, 7) is 6.26. The largest absolute Gasteiger partial charge is 0.340 e. The van der Waals surface area contributed by atoms with Gasteiger partial charge in [0, 0.05) is 25.7 Å². The normalized spacial score (nSPS) is 27.3. The van der Waals surface area contributed by atoms with Crippen molar-refractivity contribution in [3.05, 3.63) is 22.4 Å². The van der Waals surface area contributed by atoms with Gasteiger partial charge >= 0.3 is 0 Å². The predicted molar refractivity (Wildman–Crippen MR) is 91.3 cm³/mol. The van der Waals surface area contributed by atoms with Crippen LogP contribution in [0.2, 0.25) is 0 Å². The molecule has 0 spiro atoms. The van der Waals surface area contributed by atoms with Crippen LogP contribution in [0.4, 0.5) is 0 Å². The van der Waals surface area contributed by atoms with Gasteiger partial charge in [-0.25, -0.2) is 0 Å². The highest BCUT2D eigenvalue weighted by Gasteiger charge is 2.41. The van der Waals surface area contributed by atoms with Crippen LogP contribution in [0.3, 0.4) is 0 Å². The average Bonchev–Trinajstić information content (AvgIpc) is 3.19. The molecule has 2 unspecified atom stereocenters. The number of nitrogens with two attached hydrogens (primary N) is 1. The zero-order valence-corrected chi connectivity index (χ0v) is 14.6.